The van der Waals surface area contributed by atoms with Gasteiger partial charge < -0.3 is 4.90 Å². The number of carbonyl (C=O) groups is 1. The summed E-state index contributed by atoms with van der Waals surface area (Å²) in [6, 6.07) is 1.52. The Hall–Kier alpha value is -1.54. The van der Waals surface area contributed by atoms with Crippen LogP contribution in [0.25, 0.3) is 0 Å². The zero-order valence-electron chi connectivity index (χ0n) is 13.2. The number of amides is 1. The molecule has 0 bridgehead atoms. The number of hydrogen-bond donors (Lipinski definition) is 0. The molecule has 132 valence electrons. The third-order valence-electron chi connectivity index (χ3n) is 4.64. The van der Waals surface area contributed by atoms with Gasteiger partial charge in [0.1, 0.15) is 22.6 Å². The fourth-order valence-corrected chi connectivity index (χ4v) is 5.12. The fourth-order valence-electron chi connectivity index (χ4n) is 3.39. The molecule has 0 aromatic heterocycles. The Bertz CT molecular complexity index is 733. The normalized spacial score (nSPS) is 22.8. The molecule has 0 radical (unpaired) electrons. The maximum atomic E-state index is 14.0. The second-order valence-electron chi connectivity index (χ2n) is 6.23. The van der Waals surface area contributed by atoms with Crippen LogP contribution in [0, 0.1) is 11.6 Å². The lowest BCUT2D eigenvalue weighted by atomic mass is 10.0. The molecule has 1 atom stereocenters. The van der Waals surface area contributed by atoms with Gasteiger partial charge in [0.25, 0.3) is 0 Å². The van der Waals surface area contributed by atoms with Gasteiger partial charge in [0.2, 0.25) is 15.9 Å². The molecule has 2 aliphatic rings. The topological polar surface area (TPSA) is 57.7 Å². The number of nitrogens with zero attached hydrogens (tertiary/aromatic N) is 2. The third kappa shape index (κ3) is 3.17. The van der Waals surface area contributed by atoms with Crippen molar-refractivity contribution in [3.8, 4) is 0 Å². The molecule has 8 heteroatoms. The summed E-state index contributed by atoms with van der Waals surface area (Å²) < 4.78 is 54.1. The van der Waals surface area contributed by atoms with Crippen molar-refractivity contribution in [2.24, 2.45) is 0 Å². The molecule has 5 nitrogen and oxygen atoms in total. The molecule has 2 heterocycles. The van der Waals surface area contributed by atoms with Crippen LogP contribution < -0.4 is 0 Å². The number of hydrogen-bond acceptors (Lipinski definition) is 3. The molecule has 0 saturated carbocycles. The maximum Gasteiger partial charge on any atom is 0.246 e. The first-order valence-corrected chi connectivity index (χ1v) is 9.61. The molecule has 0 spiro atoms. The predicted molar refractivity (Wildman–Crippen MR) is 83.7 cm³/mol. The van der Waals surface area contributed by atoms with E-state index in [1.165, 1.54) is 0 Å². The zero-order valence-corrected chi connectivity index (χ0v) is 14.1. The van der Waals surface area contributed by atoms with Crippen molar-refractivity contribution in [1.29, 1.82) is 0 Å². The molecule has 3 rings (SSSR count). The Labute approximate surface area is 140 Å². The summed E-state index contributed by atoms with van der Waals surface area (Å²) in [4.78, 5) is 13.7. The Kier molecular flexibility index (Phi) is 4.87. The summed E-state index contributed by atoms with van der Waals surface area (Å²) >= 11 is 0. The van der Waals surface area contributed by atoms with Gasteiger partial charge in [0.15, 0.2) is 0 Å². The van der Waals surface area contributed by atoms with E-state index < -0.39 is 32.6 Å². The van der Waals surface area contributed by atoms with Gasteiger partial charge in [-0.3, -0.25) is 4.79 Å². The van der Waals surface area contributed by atoms with E-state index in [2.05, 4.69) is 0 Å². The van der Waals surface area contributed by atoms with Gasteiger partial charge in [-0.05, 0) is 43.9 Å². The highest BCUT2D eigenvalue weighted by atomic mass is 32.2. The molecular weight excluding hydrogens is 338 g/mol. The first kappa shape index (κ1) is 17.3. The smallest absolute Gasteiger partial charge is 0.246 e. The number of halogens is 2. The lowest BCUT2D eigenvalue weighted by molar-refractivity contribution is -0.135. The molecule has 2 aliphatic heterocycles. The summed E-state index contributed by atoms with van der Waals surface area (Å²) in [5.74, 6) is -2.06. The predicted octanol–water partition coefficient (Wildman–Crippen LogP) is 2.13. The van der Waals surface area contributed by atoms with E-state index >= 15 is 0 Å². The number of rotatable bonds is 3. The second-order valence-corrected chi connectivity index (χ2v) is 8.09. The molecular formula is C16H20F2N2O3S. The number of likely N-dealkylation sites (tertiary alicyclic amines) is 1. The van der Waals surface area contributed by atoms with Crippen LogP contribution in [-0.4, -0.2) is 49.2 Å². The largest absolute Gasteiger partial charge is 0.341 e. The van der Waals surface area contributed by atoms with Crippen LogP contribution in [0.1, 0.15) is 32.1 Å². The minimum atomic E-state index is -4.27. The van der Waals surface area contributed by atoms with Gasteiger partial charge in [-0.1, -0.05) is 6.42 Å². The number of sulfonamides is 1. The van der Waals surface area contributed by atoms with Crippen LogP contribution in [0.4, 0.5) is 8.78 Å². The number of carbonyl (C=O) groups excluding carboxylic acids is 1. The summed E-state index contributed by atoms with van der Waals surface area (Å²) in [5, 5.41) is 0. The second kappa shape index (κ2) is 6.76. The van der Waals surface area contributed by atoms with E-state index in [9.17, 15) is 22.0 Å². The minimum Gasteiger partial charge on any atom is -0.341 e. The van der Waals surface area contributed by atoms with Gasteiger partial charge in [-0.2, -0.15) is 4.31 Å². The molecule has 24 heavy (non-hydrogen) atoms. The Morgan fingerprint density at radius 3 is 2.42 bits per heavy atom. The van der Waals surface area contributed by atoms with Crippen LogP contribution in [-0.2, 0) is 14.8 Å². The van der Waals surface area contributed by atoms with Crippen molar-refractivity contribution < 1.29 is 22.0 Å². The first-order chi connectivity index (χ1) is 11.4. The first-order valence-electron chi connectivity index (χ1n) is 8.17. The number of piperidine rings is 1. The van der Waals surface area contributed by atoms with Gasteiger partial charge in [0, 0.05) is 19.6 Å². The SMILES string of the molecule is O=C(C1CCCCN1S(=O)(=O)c1cc(F)ccc1F)N1CCCC1. The Morgan fingerprint density at radius 1 is 1.04 bits per heavy atom. The van der Waals surface area contributed by atoms with E-state index in [4.69, 9.17) is 0 Å². The maximum absolute atomic E-state index is 14.0. The van der Waals surface area contributed by atoms with Gasteiger partial charge >= 0.3 is 0 Å². The summed E-state index contributed by atoms with van der Waals surface area (Å²) in [6.45, 7) is 1.39. The average molecular weight is 358 g/mol. The summed E-state index contributed by atoms with van der Waals surface area (Å²) in [7, 11) is -4.27. The molecule has 2 fully saturated rings. The van der Waals surface area contributed by atoms with Crippen molar-refractivity contribution >= 4 is 15.9 Å². The van der Waals surface area contributed by atoms with Crippen molar-refractivity contribution in [2.45, 2.75) is 43.0 Å². The standard InChI is InChI=1S/C16H20F2N2O3S/c17-12-6-7-13(18)15(11-12)24(22,23)20-10-2-1-5-14(20)16(21)19-8-3-4-9-19/h6-7,11,14H,1-5,8-10H2. The monoisotopic (exact) mass is 358 g/mol. The van der Waals surface area contributed by atoms with Crippen molar-refractivity contribution in [2.75, 3.05) is 19.6 Å². The molecule has 1 unspecified atom stereocenters. The minimum absolute atomic E-state index is 0.141. The van der Waals surface area contributed by atoms with Crippen LogP contribution >= 0.6 is 0 Å². The summed E-state index contributed by atoms with van der Waals surface area (Å²) in [6.07, 6.45) is 3.56. The zero-order chi connectivity index (χ0) is 17.3. The molecule has 0 aliphatic carbocycles. The van der Waals surface area contributed by atoms with Gasteiger partial charge in [-0.25, -0.2) is 17.2 Å². The quantitative estimate of drug-likeness (QED) is 0.832. The molecule has 2 saturated heterocycles. The number of benzene rings is 1. The van der Waals surface area contributed by atoms with Crippen LogP contribution in [0.5, 0.6) is 0 Å². The van der Waals surface area contributed by atoms with E-state index in [0.29, 0.717) is 32.0 Å². The molecule has 1 aromatic rings. The molecule has 1 aromatic carbocycles. The van der Waals surface area contributed by atoms with Crippen molar-refractivity contribution in [3.05, 3.63) is 29.8 Å². The fraction of sp³-hybridized carbons (Fsp3) is 0.562. The molecule has 0 N–H and O–H groups in total. The lowest BCUT2D eigenvalue weighted by Gasteiger charge is -2.35. The van der Waals surface area contributed by atoms with Crippen LogP contribution in [0.3, 0.4) is 0 Å². The van der Waals surface area contributed by atoms with E-state index in [1.54, 1.807) is 4.90 Å². The Balaban J connectivity index is 1.94. The Morgan fingerprint density at radius 2 is 1.71 bits per heavy atom. The van der Waals surface area contributed by atoms with E-state index in [1.807, 2.05) is 0 Å². The van der Waals surface area contributed by atoms with Crippen LogP contribution in [0.2, 0.25) is 0 Å². The average Bonchev–Trinajstić information content (AvgIpc) is 3.11. The molecule has 1 amide bonds. The van der Waals surface area contributed by atoms with E-state index in [-0.39, 0.29) is 12.5 Å². The van der Waals surface area contributed by atoms with Crippen molar-refractivity contribution in [1.82, 2.24) is 9.21 Å². The highest BCUT2D eigenvalue weighted by Gasteiger charge is 2.40. The van der Waals surface area contributed by atoms with Crippen LogP contribution in [0.15, 0.2) is 23.1 Å². The third-order valence-corrected chi connectivity index (χ3v) is 6.56. The van der Waals surface area contributed by atoms with E-state index in [0.717, 1.165) is 35.7 Å². The lowest BCUT2D eigenvalue weighted by Crippen LogP contribution is -2.52. The highest BCUT2D eigenvalue weighted by Crippen LogP contribution is 2.29. The van der Waals surface area contributed by atoms with Crippen molar-refractivity contribution in [3.63, 3.8) is 0 Å². The summed E-state index contributed by atoms with van der Waals surface area (Å²) in [5.41, 5.74) is 0. The highest BCUT2D eigenvalue weighted by molar-refractivity contribution is 7.89. The van der Waals surface area contributed by atoms with Gasteiger partial charge in [-0.15, -0.1) is 0 Å². The van der Waals surface area contributed by atoms with Gasteiger partial charge in [0.05, 0.1) is 0 Å².